The lowest BCUT2D eigenvalue weighted by molar-refractivity contribution is -0.384. The van der Waals surface area contributed by atoms with Crippen LogP contribution in [0.3, 0.4) is 0 Å². The van der Waals surface area contributed by atoms with Crippen molar-refractivity contribution in [2.75, 3.05) is 31.2 Å². The van der Waals surface area contributed by atoms with Gasteiger partial charge in [0, 0.05) is 24.0 Å². The van der Waals surface area contributed by atoms with E-state index in [1.165, 1.54) is 23.5 Å². The molecule has 202 valence electrons. The molecule has 12 heteroatoms. The van der Waals surface area contributed by atoms with E-state index in [9.17, 15) is 24.5 Å². The fourth-order valence-corrected chi connectivity index (χ4v) is 5.78. The highest BCUT2D eigenvalue weighted by atomic mass is 32.1. The fraction of sp³-hybridized carbons (Fsp3) is 0.423. The van der Waals surface area contributed by atoms with Gasteiger partial charge >= 0.3 is 18.0 Å². The normalized spacial score (nSPS) is 21.4. The van der Waals surface area contributed by atoms with Crippen LogP contribution >= 0.6 is 11.3 Å². The number of carbonyl (C=O) groups excluding carboxylic acids is 3. The number of nitrogens with zero attached hydrogens (tertiary/aromatic N) is 2. The fourth-order valence-electron chi connectivity index (χ4n) is 5.00. The number of hydrogen-bond acceptors (Lipinski definition) is 9. The molecule has 4 rings (SSSR count). The van der Waals surface area contributed by atoms with Crippen molar-refractivity contribution in [3.63, 3.8) is 0 Å². The number of benzene rings is 1. The zero-order chi connectivity index (χ0) is 27.4. The number of ether oxygens (including phenoxy) is 2. The summed E-state index contributed by atoms with van der Waals surface area (Å²) in [4.78, 5) is 52.1. The summed E-state index contributed by atoms with van der Waals surface area (Å²) in [6.45, 7) is 6.96. The smallest absolute Gasteiger partial charge is 0.338 e. The number of amides is 2. The van der Waals surface area contributed by atoms with Crippen molar-refractivity contribution in [3.8, 4) is 0 Å². The lowest BCUT2D eigenvalue weighted by Gasteiger charge is -2.36. The van der Waals surface area contributed by atoms with Crippen molar-refractivity contribution in [1.29, 1.82) is 0 Å². The number of carbonyl (C=O) groups is 3. The van der Waals surface area contributed by atoms with Crippen LogP contribution in [0.5, 0.6) is 0 Å². The third-order valence-electron chi connectivity index (χ3n) is 6.44. The molecule has 0 aliphatic carbocycles. The number of urea groups is 1. The van der Waals surface area contributed by atoms with E-state index in [1.54, 1.807) is 25.1 Å². The molecule has 1 aromatic carbocycles. The molecule has 0 spiro atoms. The monoisotopic (exact) mass is 542 g/mol. The topological polar surface area (TPSA) is 140 Å². The molecule has 2 aliphatic rings. The first-order chi connectivity index (χ1) is 18.2. The molecule has 0 saturated carbocycles. The lowest BCUT2D eigenvalue weighted by Crippen LogP contribution is -2.46. The largest absolute Gasteiger partial charge is 0.463 e. The van der Waals surface area contributed by atoms with Crippen molar-refractivity contribution in [1.82, 2.24) is 10.6 Å². The van der Waals surface area contributed by atoms with E-state index >= 15 is 0 Å². The number of rotatable bonds is 8. The number of nitro benzene ring substituents is 1. The van der Waals surface area contributed by atoms with Gasteiger partial charge in [-0.15, -0.1) is 11.3 Å². The average molecular weight is 543 g/mol. The molecular weight excluding hydrogens is 512 g/mol. The lowest BCUT2D eigenvalue weighted by atomic mass is 9.91. The van der Waals surface area contributed by atoms with Gasteiger partial charge in [-0.3, -0.25) is 10.1 Å². The second-order valence-electron chi connectivity index (χ2n) is 9.55. The number of nitro groups is 1. The summed E-state index contributed by atoms with van der Waals surface area (Å²) in [5, 5.41) is 18.9. The standard InChI is InChI=1S/C26H30N4O7S/c1-4-36-25(32)22-18(27-26(33)28-23(22)21-6-5-9-38-21)14-37-24(31)17-7-8-19(20(11-17)30(34)35)29-12-15(2)10-16(3)13-29/h5-9,11,15-16,23H,4,10,12-14H2,1-3H3,(H2,27,28,33)/t15-,16+,23-/m1/s1. The minimum absolute atomic E-state index is 0.00749. The van der Waals surface area contributed by atoms with Crippen molar-refractivity contribution in [2.45, 2.75) is 33.2 Å². The number of piperidine rings is 1. The Balaban J connectivity index is 1.58. The Kier molecular flexibility index (Phi) is 8.30. The van der Waals surface area contributed by atoms with E-state index in [1.807, 2.05) is 10.3 Å². The van der Waals surface area contributed by atoms with E-state index in [2.05, 4.69) is 24.5 Å². The summed E-state index contributed by atoms with van der Waals surface area (Å²) in [5.74, 6) is -0.697. The van der Waals surface area contributed by atoms with Crippen LogP contribution in [-0.4, -0.2) is 49.2 Å². The molecule has 2 amide bonds. The average Bonchev–Trinajstić information content (AvgIpc) is 3.41. The summed E-state index contributed by atoms with van der Waals surface area (Å²) in [5.41, 5.74) is 0.478. The second kappa shape index (κ2) is 11.6. The zero-order valence-electron chi connectivity index (χ0n) is 21.4. The Morgan fingerprint density at radius 3 is 2.53 bits per heavy atom. The molecule has 0 radical (unpaired) electrons. The maximum Gasteiger partial charge on any atom is 0.338 e. The molecule has 2 aliphatic heterocycles. The summed E-state index contributed by atoms with van der Waals surface area (Å²) < 4.78 is 10.6. The third-order valence-corrected chi connectivity index (χ3v) is 7.38. The number of esters is 2. The van der Waals surface area contributed by atoms with Gasteiger partial charge < -0.3 is 25.0 Å². The van der Waals surface area contributed by atoms with Gasteiger partial charge in [0.25, 0.3) is 5.69 Å². The Morgan fingerprint density at radius 2 is 1.89 bits per heavy atom. The van der Waals surface area contributed by atoms with Crippen molar-refractivity contribution >= 4 is 40.7 Å². The molecule has 0 unspecified atom stereocenters. The van der Waals surface area contributed by atoms with Crippen LogP contribution in [0.15, 0.2) is 47.0 Å². The number of nitrogens with one attached hydrogen (secondary N) is 2. The summed E-state index contributed by atoms with van der Waals surface area (Å²) in [6.07, 6.45) is 1.05. The minimum Gasteiger partial charge on any atom is -0.463 e. The first-order valence-corrected chi connectivity index (χ1v) is 13.3. The van der Waals surface area contributed by atoms with E-state index in [4.69, 9.17) is 9.47 Å². The number of anilines is 1. The molecule has 3 heterocycles. The highest BCUT2D eigenvalue weighted by Crippen LogP contribution is 2.34. The van der Waals surface area contributed by atoms with Gasteiger partial charge in [0.1, 0.15) is 12.3 Å². The van der Waals surface area contributed by atoms with Crippen LogP contribution in [0.25, 0.3) is 0 Å². The van der Waals surface area contributed by atoms with Crippen molar-refractivity contribution in [2.24, 2.45) is 11.8 Å². The van der Waals surface area contributed by atoms with E-state index < -0.39 is 35.5 Å². The van der Waals surface area contributed by atoms with Gasteiger partial charge in [0.15, 0.2) is 0 Å². The van der Waals surface area contributed by atoms with Crippen LogP contribution in [-0.2, 0) is 14.3 Å². The molecular formula is C26H30N4O7S. The van der Waals surface area contributed by atoms with Gasteiger partial charge in [0.2, 0.25) is 0 Å². The van der Waals surface area contributed by atoms with Gasteiger partial charge in [-0.25, -0.2) is 14.4 Å². The van der Waals surface area contributed by atoms with Gasteiger partial charge in [-0.05, 0) is 48.8 Å². The zero-order valence-corrected chi connectivity index (χ0v) is 22.2. The maximum atomic E-state index is 12.9. The van der Waals surface area contributed by atoms with Crippen molar-refractivity contribution in [3.05, 3.63) is 67.5 Å². The summed E-state index contributed by atoms with van der Waals surface area (Å²) in [7, 11) is 0. The van der Waals surface area contributed by atoms with Gasteiger partial charge in [-0.2, -0.15) is 0 Å². The molecule has 1 saturated heterocycles. The molecule has 0 bridgehead atoms. The molecule has 2 N–H and O–H groups in total. The molecule has 1 aromatic heterocycles. The molecule has 1 fully saturated rings. The van der Waals surface area contributed by atoms with E-state index in [0.29, 0.717) is 35.5 Å². The summed E-state index contributed by atoms with van der Waals surface area (Å²) in [6, 6.07) is 6.50. The highest BCUT2D eigenvalue weighted by molar-refractivity contribution is 7.10. The van der Waals surface area contributed by atoms with Crippen LogP contribution in [0, 0.1) is 22.0 Å². The minimum atomic E-state index is -0.823. The number of hydrogen-bond donors (Lipinski definition) is 2. The predicted molar refractivity (Wildman–Crippen MR) is 141 cm³/mol. The Bertz CT molecular complexity index is 1250. The summed E-state index contributed by atoms with van der Waals surface area (Å²) >= 11 is 1.35. The Hall–Kier alpha value is -3.93. The highest BCUT2D eigenvalue weighted by Gasteiger charge is 2.35. The van der Waals surface area contributed by atoms with Crippen molar-refractivity contribution < 1.29 is 28.8 Å². The molecule has 2 aromatic rings. The maximum absolute atomic E-state index is 12.9. The molecule has 3 atom stereocenters. The van der Waals surface area contributed by atoms with Gasteiger partial charge in [-0.1, -0.05) is 19.9 Å². The van der Waals surface area contributed by atoms with Crippen LogP contribution in [0.2, 0.25) is 0 Å². The Morgan fingerprint density at radius 1 is 1.16 bits per heavy atom. The second-order valence-corrected chi connectivity index (χ2v) is 10.5. The van der Waals surface area contributed by atoms with Crippen LogP contribution in [0.4, 0.5) is 16.2 Å². The predicted octanol–water partition coefficient (Wildman–Crippen LogP) is 4.17. The number of thiophene rings is 1. The van der Waals surface area contributed by atoms with Crippen LogP contribution < -0.4 is 15.5 Å². The third kappa shape index (κ3) is 5.96. The van der Waals surface area contributed by atoms with Crippen LogP contribution in [0.1, 0.15) is 48.5 Å². The van der Waals surface area contributed by atoms with E-state index in [-0.39, 0.29) is 29.1 Å². The van der Waals surface area contributed by atoms with E-state index in [0.717, 1.165) is 6.42 Å². The SMILES string of the molecule is CCOC(=O)C1=C(COC(=O)c2ccc(N3C[C@H](C)C[C@H](C)C3)c([N+](=O)[O-])c2)NC(=O)N[C@@H]1c1cccs1. The Labute approximate surface area is 223 Å². The quantitative estimate of drug-likeness (QED) is 0.288. The first-order valence-electron chi connectivity index (χ1n) is 12.4. The first kappa shape index (κ1) is 27.1. The molecule has 11 nitrogen and oxygen atoms in total. The van der Waals surface area contributed by atoms with Gasteiger partial charge in [0.05, 0.1) is 34.4 Å². The molecule has 38 heavy (non-hydrogen) atoms.